The highest BCUT2D eigenvalue weighted by molar-refractivity contribution is 5.75. The lowest BCUT2D eigenvalue weighted by Crippen LogP contribution is -2.39. The lowest BCUT2D eigenvalue weighted by Gasteiger charge is -2.25. The predicted octanol–water partition coefficient (Wildman–Crippen LogP) is 5.47. The van der Waals surface area contributed by atoms with Gasteiger partial charge < -0.3 is 19.6 Å². The van der Waals surface area contributed by atoms with Crippen LogP contribution in [0.5, 0.6) is 0 Å². The second-order valence-electron chi connectivity index (χ2n) is 11.6. The molecule has 2 fully saturated rings. The van der Waals surface area contributed by atoms with Crippen molar-refractivity contribution in [1.29, 1.82) is 0 Å². The molecular formula is C29H45N3O3. The van der Waals surface area contributed by atoms with Crippen molar-refractivity contribution in [2.45, 2.75) is 91.3 Å². The van der Waals surface area contributed by atoms with Crippen molar-refractivity contribution < 1.29 is 14.6 Å². The quantitative estimate of drug-likeness (QED) is 0.448. The Hall–Kier alpha value is -1.92. The number of pyridine rings is 1. The van der Waals surface area contributed by atoms with Crippen molar-refractivity contribution in [2.24, 2.45) is 17.3 Å². The average Bonchev–Trinajstić information content (AvgIpc) is 3.27. The van der Waals surface area contributed by atoms with E-state index in [1.54, 1.807) is 0 Å². The van der Waals surface area contributed by atoms with E-state index in [9.17, 15) is 9.90 Å². The van der Waals surface area contributed by atoms with E-state index in [-0.39, 0.29) is 12.1 Å². The second-order valence-corrected chi connectivity index (χ2v) is 11.6. The summed E-state index contributed by atoms with van der Waals surface area (Å²) in [6.45, 7) is 10.4. The Morgan fingerprint density at radius 2 is 2.09 bits per heavy atom. The molecule has 1 saturated heterocycles. The molecule has 3 aliphatic rings. The number of hydrogen-bond donors (Lipinski definition) is 1. The minimum Gasteiger partial charge on any atom is -0.389 e. The van der Waals surface area contributed by atoms with E-state index in [4.69, 9.17) is 4.74 Å². The zero-order valence-corrected chi connectivity index (χ0v) is 22.3. The van der Waals surface area contributed by atoms with Crippen LogP contribution in [0.1, 0.15) is 82.0 Å². The first-order chi connectivity index (χ1) is 16.8. The topological polar surface area (TPSA) is 65.9 Å². The van der Waals surface area contributed by atoms with Crippen LogP contribution in [-0.4, -0.2) is 58.8 Å². The van der Waals surface area contributed by atoms with Gasteiger partial charge in [0.15, 0.2) is 0 Å². The Balaban J connectivity index is 1.18. The number of carbonyl (C=O) groups is 1. The molecule has 0 aromatic carbocycles. The second kappa shape index (κ2) is 11.4. The van der Waals surface area contributed by atoms with Crippen LogP contribution in [0.25, 0.3) is 0 Å². The highest BCUT2D eigenvalue weighted by Crippen LogP contribution is 2.56. The zero-order valence-electron chi connectivity index (χ0n) is 22.3. The van der Waals surface area contributed by atoms with Crippen LogP contribution in [0.3, 0.4) is 0 Å². The molecule has 6 heteroatoms. The lowest BCUT2D eigenvalue weighted by molar-refractivity contribution is 0.0509. The van der Waals surface area contributed by atoms with Gasteiger partial charge in [-0.1, -0.05) is 25.5 Å². The molecule has 1 N–H and O–H groups in total. The van der Waals surface area contributed by atoms with Crippen LogP contribution in [-0.2, 0) is 17.8 Å². The standard InChI is InChI=1S/C29H45N3O3/c1-5-22(14-27(33)15-23-8-11-35-12-9-23)7-6-10-29(3)16-26(29)20-31(4)28(34)32-18-24-13-21(2)30-17-25(24)19-32/h13-14,17,23,26-27,33H,5-12,15-16,18-20H2,1-4H3. The van der Waals surface area contributed by atoms with E-state index in [2.05, 4.69) is 31.0 Å². The molecule has 194 valence electrons. The van der Waals surface area contributed by atoms with Gasteiger partial charge in [-0.05, 0) is 92.7 Å². The third-order valence-corrected chi connectivity index (χ3v) is 8.62. The van der Waals surface area contributed by atoms with Crippen molar-refractivity contribution in [1.82, 2.24) is 14.8 Å². The maximum atomic E-state index is 13.1. The number of nitrogens with zero attached hydrogens (tertiary/aromatic N) is 3. The van der Waals surface area contributed by atoms with Crippen molar-refractivity contribution >= 4 is 6.03 Å². The molecular weight excluding hydrogens is 438 g/mol. The Morgan fingerprint density at radius 3 is 2.83 bits per heavy atom. The smallest absolute Gasteiger partial charge is 0.320 e. The number of aryl methyl sites for hydroxylation is 1. The number of aromatic nitrogens is 1. The zero-order chi connectivity index (χ0) is 25.0. The molecule has 4 rings (SSSR count). The van der Waals surface area contributed by atoms with Crippen molar-refractivity contribution in [3.8, 4) is 0 Å². The van der Waals surface area contributed by atoms with Crippen LogP contribution >= 0.6 is 0 Å². The van der Waals surface area contributed by atoms with Gasteiger partial charge in [-0.15, -0.1) is 0 Å². The minimum absolute atomic E-state index is 0.128. The summed E-state index contributed by atoms with van der Waals surface area (Å²) in [4.78, 5) is 21.3. The molecule has 6 nitrogen and oxygen atoms in total. The van der Waals surface area contributed by atoms with E-state index < -0.39 is 0 Å². The van der Waals surface area contributed by atoms with Crippen LogP contribution in [0.2, 0.25) is 0 Å². The Labute approximate surface area is 211 Å². The summed E-state index contributed by atoms with van der Waals surface area (Å²) < 4.78 is 5.44. The summed E-state index contributed by atoms with van der Waals surface area (Å²) in [7, 11) is 1.95. The highest BCUT2D eigenvalue weighted by Gasteiger charge is 2.49. The first kappa shape index (κ1) is 26.2. The predicted molar refractivity (Wildman–Crippen MR) is 139 cm³/mol. The fraction of sp³-hybridized carbons (Fsp3) is 0.724. The first-order valence-corrected chi connectivity index (χ1v) is 13.7. The highest BCUT2D eigenvalue weighted by atomic mass is 16.5. The van der Waals surface area contributed by atoms with Crippen LogP contribution in [0.4, 0.5) is 4.79 Å². The summed E-state index contributed by atoms with van der Waals surface area (Å²) in [5, 5.41) is 10.6. The van der Waals surface area contributed by atoms with Crippen molar-refractivity contribution in [3.05, 3.63) is 40.7 Å². The number of allylic oxidation sites excluding steroid dienone is 1. The Morgan fingerprint density at radius 1 is 1.34 bits per heavy atom. The average molecular weight is 484 g/mol. The number of hydrogen-bond acceptors (Lipinski definition) is 4. The summed E-state index contributed by atoms with van der Waals surface area (Å²) >= 11 is 0. The van der Waals surface area contributed by atoms with E-state index in [1.165, 1.54) is 29.5 Å². The molecule has 1 saturated carbocycles. The Kier molecular flexibility index (Phi) is 8.54. The Bertz CT molecular complexity index is 910. The summed E-state index contributed by atoms with van der Waals surface area (Å²) in [6, 6.07) is 2.23. The molecule has 0 spiro atoms. The number of urea groups is 1. The van der Waals surface area contributed by atoms with E-state index in [0.29, 0.717) is 30.3 Å². The van der Waals surface area contributed by atoms with E-state index >= 15 is 0 Å². The molecule has 0 bridgehead atoms. The molecule has 3 heterocycles. The van der Waals surface area contributed by atoms with Gasteiger partial charge >= 0.3 is 6.03 Å². The van der Waals surface area contributed by atoms with Crippen molar-refractivity contribution in [2.75, 3.05) is 26.8 Å². The van der Waals surface area contributed by atoms with Gasteiger partial charge in [-0.3, -0.25) is 4.98 Å². The third-order valence-electron chi connectivity index (χ3n) is 8.62. The first-order valence-electron chi connectivity index (χ1n) is 13.7. The number of ether oxygens (including phenoxy) is 1. The molecule has 3 unspecified atom stereocenters. The molecule has 1 aromatic heterocycles. The molecule has 1 aliphatic carbocycles. The fourth-order valence-electron chi connectivity index (χ4n) is 6.04. The number of aliphatic hydroxyl groups excluding tert-OH is 1. The monoisotopic (exact) mass is 483 g/mol. The summed E-state index contributed by atoms with van der Waals surface area (Å²) in [5.74, 6) is 1.17. The maximum Gasteiger partial charge on any atom is 0.320 e. The van der Waals surface area contributed by atoms with Gasteiger partial charge in [-0.2, -0.15) is 0 Å². The van der Waals surface area contributed by atoms with Gasteiger partial charge in [0.25, 0.3) is 0 Å². The molecule has 35 heavy (non-hydrogen) atoms. The fourth-order valence-corrected chi connectivity index (χ4v) is 6.04. The number of fused-ring (bicyclic) bond motifs is 1. The molecule has 0 radical (unpaired) electrons. The van der Waals surface area contributed by atoms with Crippen LogP contribution in [0.15, 0.2) is 23.9 Å². The van der Waals surface area contributed by atoms with Crippen LogP contribution < -0.4 is 0 Å². The SMILES string of the molecule is CCC(=CC(O)CC1CCOCC1)CCCC1(C)CC1CN(C)C(=O)N1Cc2cnc(C)cc2C1. The lowest BCUT2D eigenvalue weighted by atomic mass is 9.91. The van der Waals surface area contributed by atoms with Gasteiger partial charge in [-0.25, -0.2) is 4.79 Å². The van der Waals surface area contributed by atoms with E-state index in [1.807, 2.05) is 30.0 Å². The third kappa shape index (κ3) is 6.85. The van der Waals surface area contributed by atoms with E-state index in [0.717, 1.165) is 64.0 Å². The largest absolute Gasteiger partial charge is 0.389 e. The summed E-state index contributed by atoms with van der Waals surface area (Å²) in [6.07, 6.45) is 12.3. The number of amides is 2. The number of rotatable bonds is 10. The molecule has 1 aromatic rings. The number of carbonyl (C=O) groups excluding carboxylic acids is 1. The molecule has 3 atom stereocenters. The molecule has 2 aliphatic heterocycles. The van der Waals surface area contributed by atoms with Crippen LogP contribution in [0, 0.1) is 24.2 Å². The normalized spacial score (nSPS) is 25.5. The minimum atomic E-state index is -0.326. The maximum absolute atomic E-state index is 13.1. The van der Waals surface area contributed by atoms with Crippen molar-refractivity contribution in [3.63, 3.8) is 0 Å². The van der Waals surface area contributed by atoms with Gasteiger partial charge in [0.2, 0.25) is 0 Å². The molecule has 2 amide bonds. The summed E-state index contributed by atoms with van der Waals surface area (Å²) in [5.41, 5.74) is 5.13. The van der Waals surface area contributed by atoms with Gasteiger partial charge in [0, 0.05) is 51.8 Å². The number of aliphatic hydroxyl groups is 1. The van der Waals surface area contributed by atoms with Gasteiger partial charge in [0.05, 0.1) is 6.10 Å². The van der Waals surface area contributed by atoms with Gasteiger partial charge in [0.1, 0.15) is 0 Å².